The highest BCUT2D eigenvalue weighted by Crippen LogP contribution is 2.26. The molecule has 1 unspecified atom stereocenters. The first-order chi connectivity index (χ1) is 10.1. The van der Waals surface area contributed by atoms with E-state index < -0.39 is 35.8 Å². The van der Waals surface area contributed by atoms with Crippen LogP contribution in [0.4, 0.5) is 4.79 Å². The maximum Gasteiger partial charge on any atom is 0.410 e. The summed E-state index contributed by atoms with van der Waals surface area (Å²) in [6.07, 6.45) is -0.234. The van der Waals surface area contributed by atoms with E-state index in [1.165, 1.54) is 4.90 Å². The number of carbonyl (C=O) groups excluding carboxylic acids is 3. The van der Waals surface area contributed by atoms with Crippen LogP contribution in [0.25, 0.3) is 0 Å². The van der Waals surface area contributed by atoms with Crippen molar-refractivity contribution < 1.29 is 24.2 Å². The van der Waals surface area contributed by atoms with Crippen molar-refractivity contribution >= 4 is 17.9 Å². The normalized spacial score (nSPS) is 29.1. The molecular formula is C15H24N2O5. The summed E-state index contributed by atoms with van der Waals surface area (Å²) in [4.78, 5) is 39.2. The molecule has 0 aromatic carbocycles. The zero-order valence-electron chi connectivity index (χ0n) is 13.5. The van der Waals surface area contributed by atoms with Crippen LogP contribution in [-0.4, -0.2) is 63.1 Å². The number of likely N-dealkylation sites (tertiary alicyclic amines) is 2. The fourth-order valence-corrected chi connectivity index (χ4v) is 2.89. The maximum absolute atomic E-state index is 12.6. The molecule has 1 N–H and O–H groups in total. The summed E-state index contributed by atoms with van der Waals surface area (Å²) >= 11 is 0. The highest BCUT2D eigenvalue weighted by Gasteiger charge is 2.46. The van der Waals surface area contributed by atoms with E-state index in [0.717, 1.165) is 4.90 Å². The van der Waals surface area contributed by atoms with Gasteiger partial charge in [-0.25, -0.2) is 4.79 Å². The molecule has 2 aliphatic rings. The molecule has 7 heteroatoms. The lowest BCUT2D eigenvalue weighted by Crippen LogP contribution is -2.51. The van der Waals surface area contributed by atoms with Crippen molar-refractivity contribution in [2.45, 2.75) is 70.7 Å². The van der Waals surface area contributed by atoms with Crippen molar-refractivity contribution in [3.05, 3.63) is 0 Å². The van der Waals surface area contributed by atoms with Gasteiger partial charge in [-0.05, 0) is 40.5 Å². The number of imide groups is 1. The molecule has 0 spiro atoms. The number of ether oxygens (including phenoxy) is 1. The van der Waals surface area contributed by atoms with E-state index in [9.17, 15) is 19.5 Å². The van der Waals surface area contributed by atoms with Crippen molar-refractivity contribution in [1.29, 1.82) is 0 Å². The quantitative estimate of drug-likeness (QED) is 0.727. The van der Waals surface area contributed by atoms with Crippen molar-refractivity contribution in [3.8, 4) is 0 Å². The number of aliphatic hydroxyl groups is 1. The van der Waals surface area contributed by atoms with Gasteiger partial charge in [0.2, 0.25) is 5.91 Å². The van der Waals surface area contributed by atoms with Gasteiger partial charge in [0.05, 0.1) is 18.6 Å². The molecule has 3 amide bonds. The number of rotatable bonds is 1. The van der Waals surface area contributed by atoms with Gasteiger partial charge in [0, 0.05) is 6.54 Å². The van der Waals surface area contributed by atoms with E-state index in [1.54, 1.807) is 27.7 Å². The van der Waals surface area contributed by atoms with Crippen LogP contribution in [0.5, 0.6) is 0 Å². The fourth-order valence-electron chi connectivity index (χ4n) is 2.89. The van der Waals surface area contributed by atoms with Gasteiger partial charge in [-0.2, -0.15) is 0 Å². The summed E-state index contributed by atoms with van der Waals surface area (Å²) in [7, 11) is 0. The number of nitrogens with zero attached hydrogens (tertiary/aromatic N) is 2. The first-order valence-electron chi connectivity index (χ1n) is 7.65. The predicted octanol–water partition coefficient (Wildman–Crippen LogP) is 0.894. The van der Waals surface area contributed by atoms with E-state index in [0.29, 0.717) is 19.4 Å². The minimum absolute atomic E-state index is 0.0495. The molecule has 2 saturated heterocycles. The summed E-state index contributed by atoms with van der Waals surface area (Å²) in [5.41, 5.74) is -0.639. The summed E-state index contributed by atoms with van der Waals surface area (Å²) in [5, 5.41) is 9.74. The molecule has 2 heterocycles. The molecule has 2 fully saturated rings. The van der Waals surface area contributed by atoms with Crippen LogP contribution in [-0.2, 0) is 14.3 Å². The largest absolute Gasteiger partial charge is 0.444 e. The molecule has 22 heavy (non-hydrogen) atoms. The molecule has 2 rings (SSSR count). The molecule has 0 aliphatic carbocycles. The van der Waals surface area contributed by atoms with Gasteiger partial charge in [-0.15, -0.1) is 0 Å². The standard InChI is InChI=1S/C15H24N2O5/c1-9-11(18)8-12(19)17(9)13(20)10-6-5-7-16(10)14(21)22-15(2,3)4/h9-11,18H,5-8H2,1-4H3/t9-,10-,11?/m0/s1. The second-order valence-electron chi connectivity index (χ2n) is 6.95. The molecule has 0 radical (unpaired) electrons. The Bertz CT molecular complexity index is 485. The second-order valence-corrected chi connectivity index (χ2v) is 6.95. The number of hydrogen-bond donors (Lipinski definition) is 1. The Morgan fingerprint density at radius 2 is 1.95 bits per heavy atom. The Morgan fingerprint density at radius 1 is 1.32 bits per heavy atom. The summed E-state index contributed by atoms with van der Waals surface area (Å²) in [6, 6.07) is -1.24. The highest BCUT2D eigenvalue weighted by molar-refractivity contribution is 6.01. The number of carbonyl (C=O) groups is 3. The Morgan fingerprint density at radius 3 is 2.45 bits per heavy atom. The van der Waals surface area contributed by atoms with Gasteiger partial charge in [-0.3, -0.25) is 19.4 Å². The van der Waals surface area contributed by atoms with E-state index in [2.05, 4.69) is 0 Å². The van der Waals surface area contributed by atoms with Gasteiger partial charge >= 0.3 is 6.09 Å². The van der Waals surface area contributed by atoms with Crippen LogP contribution in [0.1, 0.15) is 47.0 Å². The smallest absolute Gasteiger partial charge is 0.410 e. The average Bonchev–Trinajstić information content (AvgIpc) is 2.93. The summed E-state index contributed by atoms with van der Waals surface area (Å²) in [5.74, 6) is -0.807. The third-order valence-corrected chi connectivity index (χ3v) is 4.02. The topological polar surface area (TPSA) is 87.2 Å². The first kappa shape index (κ1) is 16.7. The van der Waals surface area contributed by atoms with E-state index in [4.69, 9.17) is 4.74 Å². The number of amides is 3. The molecule has 3 atom stereocenters. The van der Waals surface area contributed by atoms with Crippen LogP contribution >= 0.6 is 0 Å². The Hall–Kier alpha value is -1.63. The Balaban J connectivity index is 2.12. The summed E-state index contributed by atoms with van der Waals surface area (Å²) < 4.78 is 5.32. The van der Waals surface area contributed by atoms with Gasteiger partial charge < -0.3 is 9.84 Å². The molecule has 0 saturated carbocycles. The van der Waals surface area contributed by atoms with E-state index >= 15 is 0 Å². The SMILES string of the molecule is C[C@H]1C(O)CC(=O)N1C(=O)[C@@H]1CCCN1C(=O)OC(C)(C)C. The zero-order chi connectivity index (χ0) is 16.7. The minimum Gasteiger partial charge on any atom is -0.444 e. The van der Waals surface area contributed by atoms with Crippen LogP contribution in [0.2, 0.25) is 0 Å². The molecule has 0 aromatic rings. The summed E-state index contributed by atoms with van der Waals surface area (Å²) in [6.45, 7) is 7.37. The molecule has 7 nitrogen and oxygen atoms in total. The second kappa shape index (κ2) is 5.87. The van der Waals surface area contributed by atoms with E-state index in [1.807, 2.05) is 0 Å². The Kier molecular flexibility index (Phi) is 4.47. The lowest BCUT2D eigenvalue weighted by molar-refractivity contribution is -0.146. The predicted molar refractivity (Wildman–Crippen MR) is 77.9 cm³/mol. The molecule has 0 bridgehead atoms. The van der Waals surface area contributed by atoms with Crippen LogP contribution in [0, 0.1) is 0 Å². The maximum atomic E-state index is 12.6. The minimum atomic E-state index is -0.840. The van der Waals surface area contributed by atoms with Crippen LogP contribution in [0.3, 0.4) is 0 Å². The molecular weight excluding hydrogens is 288 g/mol. The highest BCUT2D eigenvalue weighted by atomic mass is 16.6. The van der Waals surface area contributed by atoms with Crippen molar-refractivity contribution in [3.63, 3.8) is 0 Å². The number of hydrogen-bond acceptors (Lipinski definition) is 5. The monoisotopic (exact) mass is 312 g/mol. The lowest BCUT2D eigenvalue weighted by Gasteiger charge is -2.31. The van der Waals surface area contributed by atoms with Crippen molar-refractivity contribution in [2.24, 2.45) is 0 Å². The van der Waals surface area contributed by atoms with Gasteiger partial charge in [0.15, 0.2) is 0 Å². The Labute approximate surface area is 130 Å². The lowest BCUT2D eigenvalue weighted by atomic mass is 10.1. The molecule has 2 aliphatic heterocycles. The fraction of sp³-hybridized carbons (Fsp3) is 0.800. The van der Waals surface area contributed by atoms with E-state index in [-0.39, 0.29) is 12.3 Å². The van der Waals surface area contributed by atoms with Crippen molar-refractivity contribution in [2.75, 3.05) is 6.54 Å². The average molecular weight is 312 g/mol. The third-order valence-electron chi connectivity index (χ3n) is 4.02. The first-order valence-corrected chi connectivity index (χ1v) is 7.65. The van der Waals surface area contributed by atoms with Gasteiger partial charge in [0.1, 0.15) is 11.6 Å². The molecule has 0 aromatic heterocycles. The van der Waals surface area contributed by atoms with Crippen molar-refractivity contribution in [1.82, 2.24) is 9.80 Å². The van der Waals surface area contributed by atoms with Gasteiger partial charge in [-0.1, -0.05) is 0 Å². The third kappa shape index (κ3) is 3.24. The zero-order valence-corrected chi connectivity index (χ0v) is 13.5. The van der Waals surface area contributed by atoms with Crippen LogP contribution < -0.4 is 0 Å². The number of aliphatic hydroxyl groups excluding tert-OH is 1. The van der Waals surface area contributed by atoms with Gasteiger partial charge in [0.25, 0.3) is 5.91 Å². The molecule has 124 valence electrons. The van der Waals surface area contributed by atoms with Crippen LogP contribution in [0.15, 0.2) is 0 Å².